The van der Waals surface area contributed by atoms with Gasteiger partial charge in [-0.15, -0.1) is 0 Å². The van der Waals surface area contributed by atoms with E-state index < -0.39 is 5.82 Å². The summed E-state index contributed by atoms with van der Waals surface area (Å²) in [5.41, 5.74) is 2.19. The van der Waals surface area contributed by atoms with Gasteiger partial charge >= 0.3 is 6.01 Å². The van der Waals surface area contributed by atoms with Gasteiger partial charge in [0.2, 0.25) is 0 Å². The number of nitrogens with zero attached hydrogens (tertiary/aromatic N) is 4. The van der Waals surface area contributed by atoms with Gasteiger partial charge in [-0.1, -0.05) is 29.8 Å². The van der Waals surface area contributed by atoms with Crippen LogP contribution in [-0.4, -0.2) is 34.3 Å². The highest BCUT2D eigenvalue weighted by molar-refractivity contribution is 5.84. The Balaban J connectivity index is 1.73. The van der Waals surface area contributed by atoms with Gasteiger partial charge in [0.15, 0.2) is 11.6 Å². The van der Waals surface area contributed by atoms with Gasteiger partial charge in [-0.05, 0) is 25.3 Å². The summed E-state index contributed by atoms with van der Waals surface area (Å²) in [5, 5.41) is 0. The highest BCUT2D eigenvalue weighted by Gasteiger charge is 2.15. The number of ether oxygens (including phenoxy) is 1. The van der Waals surface area contributed by atoms with Crippen LogP contribution < -0.4 is 4.74 Å². The molecule has 2 aromatic rings. The molecule has 1 aliphatic rings. The Labute approximate surface area is 141 Å². The van der Waals surface area contributed by atoms with Crippen molar-refractivity contribution in [1.29, 1.82) is 0 Å². The third kappa shape index (κ3) is 4.07. The number of benzene rings is 1. The Kier molecular flexibility index (Phi) is 5.03. The molecule has 2 heterocycles. The fourth-order valence-electron chi connectivity index (χ4n) is 2.54. The summed E-state index contributed by atoms with van der Waals surface area (Å²) in [6.07, 6.45) is 4.14. The zero-order valence-corrected chi connectivity index (χ0v) is 14.0. The van der Waals surface area contributed by atoms with Crippen molar-refractivity contribution in [2.75, 3.05) is 13.6 Å². The van der Waals surface area contributed by atoms with E-state index in [1.807, 2.05) is 43.1 Å². The van der Waals surface area contributed by atoms with Crippen molar-refractivity contribution in [3.8, 4) is 6.01 Å². The van der Waals surface area contributed by atoms with Crippen molar-refractivity contribution in [2.24, 2.45) is 4.99 Å². The molecule has 0 spiro atoms. The van der Waals surface area contributed by atoms with E-state index >= 15 is 0 Å². The fraction of sp³-hybridized carbons (Fsp3) is 0.389. The van der Waals surface area contributed by atoms with Gasteiger partial charge in [0, 0.05) is 20.0 Å². The molecular formula is C18H21FN4O. The summed E-state index contributed by atoms with van der Waals surface area (Å²) in [6.45, 7) is 3.30. The van der Waals surface area contributed by atoms with E-state index in [1.54, 1.807) is 0 Å². The van der Waals surface area contributed by atoms with Gasteiger partial charge < -0.3 is 9.64 Å². The van der Waals surface area contributed by atoms with Crippen molar-refractivity contribution in [3.05, 3.63) is 47.4 Å². The highest BCUT2D eigenvalue weighted by atomic mass is 19.1. The maximum absolute atomic E-state index is 14.0. The van der Waals surface area contributed by atoms with Crippen molar-refractivity contribution in [3.63, 3.8) is 0 Å². The first-order valence-corrected chi connectivity index (χ1v) is 8.11. The van der Waals surface area contributed by atoms with Gasteiger partial charge in [0.1, 0.15) is 12.4 Å². The Morgan fingerprint density at radius 1 is 1.25 bits per heavy atom. The van der Waals surface area contributed by atoms with E-state index in [0.717, 1.165) is 43.4 Å². The van der Waals surface area contributed by atoms with Crippen LogP contribution in [0, 0.1) is 12.7 Å². The van der Waals surface area contributed by atoms with Crippen LogP contribution in [-0.2, 0) is 6.61 Å². The summed E-state index contributed by atoms with van der Waals surface area (Å²) >= 11 is 0. The predicted molar refractivity (Wildman–Crippen MR) is 91.1 cm³/mol. The minimum Gasteiger partial charge on any atom is -0.459 e. The van der Waals surface area contributed by atoms with Crippen molar-refractivity contribution < 1.29 is 9.13 Å². The lowest BCUT2D eigenvalue weighted by Gasteiger charge is -2.25. The molecule has 0 aliphatic carbocycles. The first kappa shape index (κ1) is 16.4. The molecule has 0 saturated carbocycles. The number of aryl methyl sites for hydroxylation is 1. The quantitative estimate of drug-likeness (QED) is 0.859. The average Bonchev–Trinajstić information content (AvgIpc) is 2.59. The van der Waals surface area contributed by atoms with Gasteiger partial charge in [0.25, 0.3) is 0 Å². The van der Waals surface area contributed by atoms with Gasteiger partial charge in [-0.3, -0.25) is 0 Å². The number of hydrogen-bond acceptors (Lipinski definition) is 4. The van der Waals surface area contributed by atoms with E-state index in [9.17, 15) is 4.39 Å². The Morgan fingerprint density at radius 2 is 2.04 bits per heavy atom. The second kappa shape index (κ2) is 7.38. The molecule has 0 N–H and O–H groups in total. The molecule has 0 amide bonds. The SMILES string of the molecule is Cc1ccc(COc2ncc(F)c(/N=C3\CCCCN3C)n2)cc1. The molecule has 126 valence electrons. The molecule has 1 aliphatic heterocycles. The molecule has 5 nitrogen and oxygen atoms in total. The van der Waals surface area contributed by atoms with Crippen LogP contribution in [0.2, 0.25) is 0 Å². The number of piperidine rings is 1. The first-order valence-electron chi connectivity index (χ1n) is 8.11. The summed E-state index contributed by atoms with van der Waals surface area (Å²) in [4.78, 5) is 14.4. The molecule has 24 heavy (non-hydrogen) atoms. The topological polar surface area (TPSA) is 50.6 Å². The Morgan fingerprint density at radius 3 is 2.79 bits per heavy atom. The predicted octanol–water partition coefficient (Wildman–Crippen LogP) is 3.65. The van der Waals surface area contributed by atoms with Crippen molar-refractivity contribution in [1.82, 2.24) is 14.9 Å². The summed E-state index contributed by atoms with van der Waals surface area (Å²) in [5.74, 6) is 0.347. The summed E-state index contributed by atoms with van der Waals surface area (Å²) in [6, 6.07) is 8.13. The van der Waals surface area contributed by atoms with Crippen LogP contribution >= 0.6 is 0 Å². The zero-order chi connectivity index (χ0) is 16.9. The summed E-state index contributed by atoms with van der Waals surface area (Å²) in [7, 11) is 1.96. The zero-order valence-electron chi connectivity index (χ0n) is 14.0. The number of amidine groups is 1. The third-order valence-corrected chi connectivity index (χ3v) is 4.01. The maximum Gasteiger partial charge on any atom is 0.318 e. The van der Waals surface area contributed by atoms with Crippen LogP contribution in [0.4, 0.5) is 10.2 Å². The number of aromatic nitrogens is 2. The van der Waals surface area contributed by atoms with Crippen LogP contribution in [0.3, 0.4) is 0 Å². The van der Waals surface area contributed by atoms with Crippen LogP contribution in [0.15, 0.2) is 35.5 Å². The Hall–Kier alpha value is -2.50. The first-order chi connectivity index (χ1) is 11.6. The number of likely N-dealkylation sites (tertiary alicyclic amines) is 1. The second-order valence-corrected chi connectivity index (χ2v) is 6.01. The monoisotopic (exact) mass is 328 g/mol. The molecule has 0 unspecified atom stereocenters. The van der Waals surface area contributed by atoms with E-state index in [0.29, 0.717) is 6.61 Å². The lowest BCUT2D eigenvalue weighted by molar-refractivity contribution is 0.279. The minimum atomic E-state index is -0.538. The number of hydrogen-bond donors (Lipinski definition) is 0. The smallest absolute Gasteiger partial charge is 0.318 e. The fourth-order valence-corrected chi connectivity index (χ4v) is 2.54. The minimum absolute atomic E-state index is 0.0349. The van der Waals surface area contributed by atoms with Crippen LogP contribution in [0.5, 0.6) is 6.01 Å². The average molecular weight is 328 g/mol. The number of aliphatic imine (C=N–C) groups is 1. The second-order valence-electron chi connectivity index (χ2n) is 6.01. The van der Waals surface area contributed by atoms with Crippen molar-refractivity contribution >= 4 is 11.7 Å². The molecular weight excluding hydrogens is 307 g/mol. The third-order valence-electron chi connectivity index (χ3n) is 4.01. The molecule has 1 aromatic carbocycles. The van der Waals surface area contributed by atoms with E-state index in [4.69, 9.17) is 4.74 Å². The molecule has 3 rings (SSSR count). The molecule has 1 fully saturated rings. The largest absolute Gasteiger partial charge is 0.459 e. The summed E-state index contributed by atoms with van der Waals surface area (Å²) < 4.78 is 19.5. The standard InChI is InChI=1S/C18H21FN4O/c1-13-6-8-14(9-7-13)12-24-18-20-11-15(19)17(22-18)21-16-5-3-4-10-23(16)2/h6-9,11H,3-5,10,12H2,1-2H3/b21-16+. The normalized spacial score (nSPS) is 16.5. The maximum atomic E-state index is 14.0. The van der Waals surface area contributed by atoms with Gasteiger partial charge in [0.05, 0.1) is 6.20 Å². The van der Waals surface area contributed by atoms with E-state index in [2.05, 4.69) is 15.0 Å². The molecule has 0 bridgehead atoms. The lowest BCUT2D eigenvalue weighted by atomic mass is 10.1. The van der Waals surface area contributed by atoms with E-state index in [-0.39, 0.29) is 11.8 Å². The van der Waals surface area contributed by atoms with Crippen LogP contribution in [0.1, 0.15) is 30.4 Å². The highest BCUT2D eigenvalue weighted by Crippen LogP contribution is 2.20. The lowest BCUT2D eigenvalue weighted by Crippen LogP contribution is -2.31. The number of halogens is 1. The van der Waals surface area contributed by atoms with E-state index in [1.165, 1.54) is 5.56 Å². The van der Waals surface area contributed by atoms with Gasteiger partial charge in [-0.25, -0.2) is 14.4 Å². The molecule has 0 radical (unpaired) electrons. The molecule has 1 saturated heterocycles. The molecule has 6 heteroatoms. The van der Waals surface area contributed by atoms with Crippen molar-refractivity contribution in [2.45, 2.75) is 32.8 Å². The van der Waals surface area contributed by atoms with Crippen LogP contribution in [0.25, 0.3) is 0 Å². The molecule has 1 aromatic heterocycles. The van der Waals surface area contributed by atoms with Gasteiger partial charge in [-0.2, -0.15) is 4.98 Å². The Bertz CT molecular complexity index is 730. The molecule has 0 atom stereocenters. The number of rotatable bonds is 4.